The molecule has 118 valence electrons. The van der Waals surface area contributed by atoms with Crippen molar-refractivity contribution in [2.45, 2.75) is 18.9 Å². The van der Waals surface area contributed by atoms with Crippen molar-refractivity contribution >= 4 is 23.2 Å². The molecule has 2 heterocycles. The maximum absolute atomic E-state index is 11.6. The third-order valence-electron chi connectivity index (χ3n) is 2.85. The first-order valence-electron chi connectivity index (χ1n) is 6.47. The highest BCUT2D eigenvalue weighted by Gasteiger charge is 2.17. The molecule has 22 heavy (non-hydrogen) atoms. The number of rotatable bonds is 8. The van der Waals surface area contributed by atoms with Crippen molar-refractivity contribution < 1.29 is 23.8 Å². The van der Waals surface area contributed by atoms with Gasteiger partial charge in [-0.05, 0) is 11.4 Å². The van der Waals surface area contributed by atoms with Crippen LogP contribution in [0.15, 0.2) is 21.2 Å². The molecule has 9 heteroatoms. The maximum Gasteiger partial charge on any atom is 0.334 e. The van der Waals surface area contributed by atoms with Crippen molar-refractivity contribution in [3.8, 4) is 11.5 Å². The van der Waals surface area contributed by atoms with Crippen LogP contribution >= 0.6 is 11.3 Å². The Hall–Kier alpha value is -2.26. The second-order valence-electron chi connectivity index (χ2n) is 4.38. The number of aryl methyl sites for hydroxylation is 1. The molecule has 2 rings (SSSR count). The smallest absolute Gasteiger partial charge is 0.334 e. The standard InChI is InChI=1S/C13H15N3O5S/c1-20-9(13(18)19)6-14-10(17)2-3-11-15-16-12(21-11)8-4-5-22-7-8/h4-5,7,9H,2-3,6H2,1H3,(H,14,17)(H,18,19). The van der Waals surface area contributed by atoms with Crippen molar-refractivity contribution in [1.29, 1.82) is 0 Å². The lowest BCUT2D eigenvalue weighted by Gasteiger charge is -2.10. The first kappa shape index (κ1) is 16.1. The van der Waals surface area contributed by atoms with Crippen LogP contribution in [0, 0.1) is 0 Å². The fourth-order valence-corrected chi connectivity index (χ4v) is 2.27. The predicted molar refractivity (Wildman–Crippen MR) is 77.4 cm³/mol. The van der Waals surface area contributed by atoms with Gasteiger partial charge in [0, 0.05) is 30.9 Å². The number of hydrogen-bond acceptors (Lipinski definition) is 7. The Morgan fingerprint density at radius 3 is 2.95 bits per heavy atom. The molecule has 0 aliphatic heterocycles. The second-order valence-corrected chi connectivity index (χ2v) is 5.16. The van der Waals surface area contributed by atoms with Gasteiger partial charge < -0.3 is 19.6 Å². The molecule has 0 aliphatic carbocycles. The molecule has 8 nitrogen and oxygen atoms in total. The Labute approximate surface area is 130 Å². The Kier molecular flexibility index (Phi) is 5.61. The van der Waals surface area contributed by atoms with Crippen molar-refractivity contribution in [1.82, 2.24) is 15.5 Å². The lowest BCUT2D eigenvalue weighted by Crippen LogP contribution is -2.37. The normalized spacial score (nSPS) is 12.0. The molecule has 0 fully saturated rings. The van der Waals surface area contributed by atoms with Crippen LogP contribution in [0.25, 0.3) is 11.5 Å². The summed E-state index contributed by atoms with van der Waals surface area (Å²) in [6, 6.07) is 1.87. The van der Waals surface area contributed by atoms with E-state index < -0.39 is 12.1 Å². The van der Waals surface area contributed by atoms with Crippen LogP contribution in [0.5, 0.6) is 0 Å². The zero-order valence-electron chi connectivity index (χ0n) is 11.8. The number of methoxy groups -OCH3 is 1. The molecule has 1 amide bonds. The fraction of sp³-hybridized carbons (Fsp3) is 0.385. The van der Waals surface area contributed by atoms with Gasteiger partial charge in [-0.3, -0.25) is 4.79 Å². The number of carboxylic acids is 1. The van der Waals surface area contributed by atoms with E-state index in [2.05, 4.69) is 15.5 Å². The molecule has 0 aromatic carbocycles. The molecule has 2 N–H and O–H groups in total. The average Bonchev–Trinajstić information content (AvgIpc) is 3.16. The zero-order chi connectivity index (χ0) is 15.9. The van der Waals surface area contributed by atoms with Gasteiger partial charge in [0.1, 0.15) is 0 Å². The highest BCUT2D eigenvalue weighted by atomic mass is 32.1. The van der Waals surface area contributed by atoms with Crippen LogP contribution in [-0.2, 0) is 20.7 Å². The molecule has 0 spiro atoms. The van der Waals surface area contributed by atoms with E-state index in [1.54, 1.807) is 0 Å². The summed E-state index contributed by atoms with van der Waals surface area (Å²) >= 11 is 1.52. The molecule has 0 aliphatic rings. The van der Waals surface area contributed by atoms with Crippen molar-refractivity contribution in [3.63, 3.8) is 0 Å². The number of carboxylic acid groups (broad SMARTS) is 1. The molecule has 1 unspecified atom stereocenters. The maximum atomic E-state index is 11.6. The minimum Gasteiger partial charge on any atom is -0.479 e. The molecular weight excluding hydrogens is 310 g/mol. The Bertz CT molecular complexity index is 625. The minimum atomic E-state index is -1.12. The molecule has 2 aromatic heterocycles. The Morgan fingerprint density at radius 2 is 2.32 bits per heavy atom. The number of aromatic nitrogens is 2. The number of hydrogen-bond donors (Lipinski definition) is 2. The molecule has 0 radical (unpaired) electrons. The summed E-state index contributed by atoms with van der Waals surface area (Å²) in [5.41, 5.74) is 0.845. The SMILES string of the molecule is COC(CNC(=O)CCc1nnc(-c2ccsc2)o1)C(=O)O. The van der Waals surface area contributed by atoms with Crippen LogP contribution in [-0.4, -0.2) is 46.9 Å². The van der Waals surface area contributed by atoms with Gasteiger partial charge in [0.05, 0.1) is 6.54 Å². The number of thiophene rings is 1. The molecule has 1 atom stereocenters. The van der Waals surface area contributed by atoms with Crippen molar-refractivity contribution in [3.05, 3.63) is 22.7 Å². The van der Waals surface area contributed by atoms with Gasteiger partial charge in [0.25, 0.3) is 0 Å². The predicted octanol–water partition coefficient (Wildman–Crippen LogP) is 0.947. The first-order valence-corrected chi connectivity index (χ1v) is 7.41. The average molecular weight is 325 g/mol. The van der Waals surface area contributed by atoms with Gasteiger partial charge in [-0.1, -0.05) is 0 Å². The Balaban J connectivity index is 1.78. The summed E-state index contributed by atoms with van der Waals surface area (Å²) < 4.78 is 10.2. The number of nitrogens with zero attached hydrogens (tertiary/aromatic N) is 2. The summed E-state index contributed by atoms with van der Waals surface area (Å²) in [5.74, 6) is -0.654. The highest BCUT2D eigenvalue weighted by Crippen LogP contribution is 2.20. The van der Waals surface area contributed by atoms with Crippen LogP contribution in [0.3, 0.4) is 0 Å². The van der Waals surface area contributed by atoms with Gasteiger partial charge in [0.2, 0.25) is 17.7 Å². The van der Waals surface area contributed by atoms with Crippen LogP contribution < -0.4 is 5.32 Å². The van der Waals surface area contributed by atoms with Gasteiger partial charge in [-0.25, -0.2) is 4.79 Å². The summed E-state index contributed by atoms with van der Waals surface area (Å²) in [6.45, 7) is -0.0886. The van der Waals surface area contributed by atoms with E-state index in [0.29, 0.717) is 11.8 Å². The number of amides is 1. The molecule has 0 saturated carbocycles. The topological polar surface area (TPSA) is 115 Å². The quantitative estimate of drug-likeness (QED) is 0.742. The number of carbonyl (C=O) groups excluding carboxylic acids is 1. The second kappa shape index (κ2) is 7.66. The zero-order valence-corrected chi connectivity index (χ0v) is 12.6. The van der Waals surface area contributed by atoms with E-state index in [-0.39, 0.29) is 25.3 Å². The molecule has 2 aromatic rings. The van der Waals surface area contributed by atoms with E-state index in [9.17, 15) is 9.59 Å². The lowest BCUT2D eigenvalue weighted by molar-refractivity contribution is -0.148. The third-order valence-corrected chi connectivity index (χ3v) is 3.53. The van der Waals surface area contributed by atoms with Crippen molar-refractivity contribution in [2.75, 3.05) is 13.7 Å². The molecular formula is C13H15N3O5S. The van der Waals surface area contributed by atoms with E-state index in [4.69, 9.17) is 14.3 Å². The van der Waals surface area contributed by atoms with Crippen LogP contribution in [0.4, 0.5) is 0 Å². The van der Waals surface area contributed by atoms with Crippen molar-refractivity contribution in [2.24, 2.45) is 0 Å². The van der Waals surface area contributed by atoms with E-state index in [1.807, 2.05) is 16.8 Å². The Morgan fingerprint density at radius 1 is 1.50 bits per heavy atom. The first-order chi connectivity index (χ1) is 10.6. The number of nitrogens with one attached hydrogen (secondary N) is 1. The minimum absolute atomic E-state index is 0.0886. The number of aliphatic carboxylic acids is 1. The summed E-state index contributed by atoms with van der Waals surface area (Å²) in [6.07, 6.45) is -0.646. The number of carbonyl (C=O) groups is 2. The number of ether oxygens (including phenoxy) is 1. The third kappa shape index (κ3) is 4.37. The summed E-state index contributed by atoms with van der Waals surface area (Å²) in [4.78, 5) is 22.4. The highest BCUT2D eigenvalue weighted by molar-refractivity contribution is 7.08. The summed E-state index contributed by atoms with van der Waals surface area (Å²) in [5, 5.41) is 22.8. The van der Waals surface area contributed by atoms with Gasteiger partial charge in [-0.15, -0.1) is 10.2 Å². The fourth-order valence-electron chi connectivity index (χ4n) is 1.64. The summed E-state index contributed by atoms with van der Waals surface area (Å²) in [7, 11) is 1.27. The molecule has 0 saturated heterocycles. The van der Waals surface area contributed by atoms with E-state index >= 15 is 0 Å². The van der Waals surface area contributed by atoms with Gasteiger partial charge in [-0.2, -0.15) is 11.3 Å². The van der Waals surface area contributed by atoms with E-state index in [0.717, 1.165) is 5.56 Å². The van der Waals surface area contributed by atoms with E-state index in [1.165, 1.54) is 18.4 Å². The lowest BCUT2D eigenvalue weighted by atomic mass is 10.3. The molecule has 0 bridgehead atoms. The monoisotopic (exact) mass is 325 g/mol. The van der Waals surface area contributed by atoms with Gasteiger partial charge >= 0.3 is 5.97 Å². The van der Waals surface area contributed by atoms with Gasteiger partial charge in [0.15, 0.2) is 6.10 Å². The van der Waals surface area contributed by atoms with Crippen LogP contribution in [0.1, 0.15) is 12.3 Å². The van der Waals surface area contributed by atoms with Crippen LogP contribution in [0.2, 0.25) is 0 Å². The largest absolute Gasteiger partial charge is 0.479 e.